The van der Waals surface area contributed by atoms with Gasteiger partial charge in [-0.2, -0.15) is 11.8 Å². The normalized spacial score (nSPS) is 27.0. The molecule has 1 N–H and O–H groups in total. The highest BCUT2D eigenvalue weighted by atomic mass is 32.2. The number of hydrogen-bond acceptors (Lipinski definition) is 5. The topological polar surface area (TPSA) is 55.6 Å². The molecule has 2 atom stereocenters. The van der Waals surface area contributed by atoms with Crippen molar-refractivity contribution in [3.8, 4) is 0 Å². The zero-order chi connectivity index (χ0) is 9.97. The van der Waals surface area contributed by atoms with Gasteiger partial charge in [0.25, 0.3) is 0 Å². The van der Waals surface area contributed by atoms with Crippen LogP contribution < -0.4 is 5.32 Å². The molecule has 0 saturated carbocycles. The Balaban J connectivity index is 2.17. The second kappa shape index (κ2) is 4.27. The first-order chi connectivity index (χ1) is 6.83. The summed E-state index contributed by atoms with van der Waals surface area (Å²) < 4.78 is 1.97. The Kier molecular flexibility index (Phi) is 3.02. The average molecular weight is 213 g/mol. The summed E-state index contributed by atoms with van der Waals surface area (Å²) in [6.07, 6.45) is 1.17. The van der Waals surface area contributed by atoms with Crippen molar-refractivity contribution in [1.29, 1.82) is 0 Å². The Morgan fingerprint density at radius 2 is 2.50 bits per heavy atom. The van der Waals surface area contributed by atoms with E-state index in [2.05, 4.69) is 27.8 Å². The number of hydrogen-bond donors (Lipinski definition) is 1. The Morgan fingerprint density at radius 3 is 3.14 bits per heavy atom. The van der Waals surface area contributed by atoms with Crippen LogP contribution in [0.4, 0.5) is 0 Å². The molecule has 0 spiro atoms. The van der Waals surface area contributed by atoms with Gasteiger partial charge in [-0.15, -0.1) is 5.10 Å². The van der Waals surface area contributed by atoms with Crippen LogP contribution in [0.1, 0.15) is 25.2 Å². The molecule has 1 aliphatic heterocycles. The van der Waals surface area contributed by atoms with Gasteiger partial charge in [0.2, 0.25) is 0 Å². The first kappa shape index (κ1) is 9.92. The van der Waals surface area contributed by atoms with Crippen molar-refractivity contribution in [1.82, 2.24) is 25.5 Å². The number of rotatable bonds is 3. The van der Waals surface area contributed by atoms with E-state index in [0.717, 1.165) is 12.4 Å². The van der Waals surface area contributed by atoms with Gasteiger partial charge in [0.15, 0.2) is 5.82 Å². The van der Waals surface area contributed by atoms with Crippen molar-refractivity contribution in [2.24, 2.45) is 0 Å². The molecule has 1 saturated heterocycles. The second-order valence-electron chi connectivity index (χ2n) is 3.50. The summed E-state index contributed by atoms with van der Waals surface area (Å²) in [5.41, 5.74) is 0. The van der Waals surface area contributed by atoms with Crippen LogP contribution in [-0.2, 0) is 6.54 Å². The van der Waals surface area contributed by atoms with E-state index in [1.165, 1.54) is 12.2 Å². The van der Waals surface area contributed by atoms with E-state index >= 15 is 0 Å². The average Bonchev–Trinajstić information content (AvgIpc) is 2.74. The lowest BCUT2D eigenvalue weighted by atomic mass is 10.2. The van der Waals surface area contributed by atoms with Gasteiger partial charge in [0.05, 0.1) is 12.6 Å². The van der Waals surface area contributed by atoms with Crippen LogP contribution in [0.25, 0.3) is 0 Å². The van der Waals surface area contributed by atoms with Crippen molar-refractivity contribution in [2.45, 2.75) is 31.2 Å². The monoisotopic (exact) mass is 213 g/mol. The standard InChI is InChI=1S/C8H15N5S/c1-6-7(3-4-14-6)13-8(5-9-2)10-11-12-13/h6-7,9H,3-5H2,1-2H3. The highest BCUT2D eigenvalue weighted by Crippen LogP contribution is 2.35. The van der Waals surface area contributed by atoms with E-state index in [0.29, 0.717) is 11.3 Å². The van der Waals surface area contributed by atoms with Crippen LogP contribution in [0, 0.1) is 0 Å². The number of aromatic nitrogens is 4. The lowest BCUT2D eigenvalue weighted by Gasteiger charge is -2.15. The van der Waals surface area contributed by atoms with Crippen LogP contribution in [0.5, 0.6) is 0 Å². The Morgan fingerprint density at radius 1 is 1.64 bits per heavy atom. The quantitative estimate of drug-likeness (QED) is 0.790. The lowest BCUT2D eigenvalue weighted by molar-refractivity contribution is 0.426. The molecule has 0 aromatic carbocycles. The number of tetrazole rings is 1. The summed E-state index contributed by atoms with van der Waals surface area (Å²) in [6.45, 7) is 2.98. The molecule has 6 heteroatoms. The minimum Gasteiger partial charge on any atom is -0.313 e. The molecule has 1 aliphatic rings. The molecule has 0 amide bonds. The van der Waals surface area contributed by atoms with Crippen molar-refractivity contribution >= 4 is 11.8 Å². The minimum absolute atomic E-state index is 0.471. The summed E-state index contributed by atoms with van der Waals surface area (Å²) in [6, 6.07) is 0.471. The third-order valence-corrected chi connectivity index (χ3v) is 3.86. The molecule has 1 fully saturated rings. The van der Waals surface area contributed by atoms with E-state index < -0.39 is 0 Å². The van der Waals surface area contributed by atoms with E-state index in [4.69, 9.17) is 0 Å². The SMILES string of the molecule is CNCc1nnnn1C1CCSC1C. The molecule has 1 aromatic rings. The van der Waals surface area contributed by atoms with Gasteiger partial charge in [0.1, 0.15) is 0 Å². The lowest BCUT2D eigenvalue weighted by Crippen LogP contribution is -2.21. The highest BCUT2D eigenvalue weighted by Gasteiger charge is 2.28. The summed E-state index contributed by atoms with van der Waals surface area (Å²) in [7, 11) is 1.91. The molecule has 2 unspecified atom stereocenters. The fourth-order valence-electron chi connectivity index (χ4n) is 1.79. The first-order valence-corrected chi connectivity index (χ1v) is 5.90. The molecule has 1 aromatic heterocycles. The number of nitrogens with zero attached hydrogens (tertiary/aromatic N) is 4. The molecule has 5 nitrogen and oxygen atoms in total. The van der Waals surface area contributed by atoms with Gasteiger partial charge >= 0.3 is 0 Å². The van der Waals surface area contributed by atoms with Gasteiger partial charge in [-0.1, -0.05) is 6.92 Å². The zero-order valence-corrected chi connectivity index (χ0v) is 9.29. The molecular formula is C8H15N5S. The van der Waals surface area contributed by atoms with Gasteiger partial charge in [-0.25, -0.2) is 4.68 Å². The molecule has 2 rings (SSSR count). The summed E-state index contributed by atoms with van der Waals surface area (Å²) >= 11 is 1.99. The van der Waals surface area contributed by atoms with E-state index in [1.54, 1.807) is 0 Å². The van der Waals surface area contributed by atoms with Gasteiger partial charge in [0, 0.05) is 5.25 Å². The molecule has 78 valence electrons. The molecule has 14 heavy (non-hydrogen) atoms. The smallest absolute Gasteiger partial charge is 0.165 e. The predicted octanol–water partition coefficient (Wildman–Crippen LogP) is 0.459. The zero-order valence-electron chi connectivity index (χ0n) is 8.47. The van der Waals surface area contributed by atoms with Crippen LogP contribution in [0.3, 0.4) is 0 Å². The highest BCUT2D eigenvalue weighted by molar-refractivity contribution is 8.00. The number of nitrogens with one attached hydrogen (secondary N) is 1. The van der Waals surface area contributed by atoms with Crippen molar-refractivity contribution < 1.29 is 0 Å². The Labute approximate surface area is 87.6 Å². The minimum atomic E-state index is 0.471. The summed E-state index contributed by atoms with van der Waals surface area (Å²) in [4.78, 5) is 0. The molecule has 0 radical (unpaired) electrons. The first-order valence-electron chi connectivity index (χ1n) is 4.86. The van der Waals surface area contributed by atoms with E-state index in [9.17, 15) is 0 Å². The molecule has 2 heterocycles. The summed E-state index contributed by atoms with van der Waals surface area (Å²) in [5, 5.41) is 15.5. The van der Waals surface area contributed by atoms with Crippen LogP contribution in [-0.4, -0.2) is 38.3 Å². The van der Waals surface area contributed by atoms with Gasteiger partial charge in [-0.3, -0.25) is 0 Å². The largest absolute Gasteiger partial charge is 0.313 e. The fraction of sp³-hybridized carbons (Fsp3) is 0.875. The molecular weight excluding hydrogens is 198 g/mol. The van der Waals surface area contributed by atoms with Crippen LogP contribution >= 0.6 is 11.8 Å². The summed E-state index contributed by atoms with van der Waals surface area (Å²) in [5.74, 6) is 2.15. The van der Waals surface area contributed by atoms with Crippen molar-refractivity contribution in [3.63, 3.8) is 0 Å². The van der Waals surface area contributed by atoms with Crippen molar-refractivity contribution in [2.75, 3.05) is 12.8 Å². The van der Waals surface area contributed by atoms with Gasteiger partial charge < -0.3 is 5.32 Å². The predicted molar refractivity (Wildman–Crippen MR) is 56.2 cm³/mol. The number of thioether (sulfide) groups is 1. The van der Waals surface area contributed by atoms with Crippen LogP contribution in [0.2, 0.25) is 0 Å². The third kappa shape index (κ3) is 1.76. The maximum Gasteiger partial charge on any atom is 0.165 e. The van der Waals surface area contributed by atoms with Gasteiger partial charge in [-0.05, 0) is 29.6 Å². The maximum absolute atomic E-state index is 4.07. The van der Waals surface area contributed by atoms with E-state index in [1.807, 2.05) is 23.5 Å². The van der Waals surface area contributed by atoms with E-state index in [-0.39, 0.29) is 0 Å². The Bertz CT molecular complexity index is 300. The molecule has 0 aliphatic carbocycles. The van der Waals surface area contributed by atoms with Crippen LogP contribution in [0.15, 0.2) is 0 Å². The van der Waals surface area contributed by atoms with Crippen molar-refractivity contribution in [3.05, 3.63) is 5.82 Å². The second-order valence-corrected chi connectivity index (χ2v) is 4.99. The maximum atomic E-state index is 4.07. The third-order valence-electron chi connectivity index (χ3n) is 2.55. The Hall–Kier alpha value is -0.620. The molecule has 0 bridgehead atoms. The fourth-order valence-corrected chi connectivity index (χ4v) is 3.01.